The van der Waals surface area contributed by atoms with Gasteiger partial charge in [-0.15, -0.1) is 0 Å². The summed E-state index contributed by atoms with van der Waals surface area (Å²) in [6.45, 7) is 6.32. The van der Waals surface area contributed by atoms with Crippen LogP contribution in [0.3, 0.4) is 0 Å². The Morgan fingerprint density at radius 1 is 1.19 bits per heavy atom. The summed E-state index contributed by atoms with van der Waals surface area (Å²) in [5.41, 5.74) is 8.18. The third kappa shape index (κ3) is 8.27. The van der Waals surface area contributed by atoms with Gasteiger partial charge in [0, 0.05) is 44.6 Å². The summed E-state index contributed by atoms with van der Waals surface area (Å²) in [5.74, 6) is 1.04. The van der Waals surface area contributed by atoms with E-state index in [9.17, 15) is 13.2 Å². The van der Waals surface area contributed by atoms with Crippen LogP contribution in [0.15, 0.2) is 41.7 Å². The highest BCUT2D eigenvalue weighted by Gasteiger charge is 2.23. The van der Waals surface area contributed by atoms with Crippen LogP contribution >= 0.6 is 0 Å². The number of carbonyl (C=O) groups is 1. The van der Waals surface area contributed by atoms with Crippen LogP contribution in [0.5, 0.6) is 5.75 Å². The number of anilines is 3. The van der Waals surface area contributed by atoms with E-state index < -0.39 is 10.0 Å². The molecule has 1 aliphatic rings. The number of benzene rings is 1. The van der Waals surface area contributed by atoms with Crippen molar-refractivity contribution in [3.05, 3.63) is 42.1 Å². The fourth-order valence-corrected chi connectivity index (χ4v) is 4.00. The number of pyridine rings is 1. The van der Waals surface area contributed by atoms with Gasteiger partial charge in [0.25, 0.3) is 0 Å². The summed E-state index contributed by atoms with van der Waals surface area (Å²) in [5, 5.41) is 6.82. The van der Waals surface area contributed by atoms with Gasteiger partial charge in [-0.2, -0.15) is 0 Å². The molecule has 2 amide bonds. The lowest BCUT2D eigenvalue weighted by Gasteiger charge is -2.36. The predicted octanol–water partition coefficient (Wildman–Crippen LogP) is 1.70. The Morgan fingerprint density at radius 3 is 2.53 bits per heavy atom. The van der Waals surface area contributed by atoms with E-state index in [-0.39, 0.29) is 25.3 Å². The van der Waals surface area contributed by atoms with E-state index in [2.05, 4.69) is 25.1 Å². The van der Waals surface area contributed by atoms with Crippen LogP contribution in [0.2, 0.25) is 0 Å². The lowest BCUT2D eigenvalue weighted by atomic mass is 10.2. The molecular formula is C23H33N7O5S. The van der Waals surface area contributed by atoms with Crippen molar-refractivity contribution >= 4 is 39.5 Å². The van der Waals surface area contributed by atoms with Crippen molar-refractivity contribution in [3.63, 3.8) is 0 Å². The molecule has 1 aliphatic heterocycles. The van der Waals surface area contributed by atoms with Gasteiger partial charge in [-0.05, 0) is 44.2 Å². The molecule has 2 aromatic rings. The zero-order valence-electron chi connectivity index (χ0n) is 20.7. The van der Waals surface area contributed by atoms with Gasteiger partial charge in [0.2, 0.25) is 10.0 Å². The molecule has 1 aromatic heterocycles. The summed E-state index contributed by atoms with van der Waals surface area (Å²) in [6.07, 6.45) is 4.23. The second-order valence-corrected chi connectivity index (χ2v) is 10.3. The number of carbonyl (C=O) groups excluding carboxylic acids is 1. The first-order valence-corrected chi connectivity index (χ1v) is 13.4. The topological polar surface area (TPSA) is 151 Å². The maximum atomic E-state index is 12.7. The number of nitrogens with one attached hydrogen (secondary N) is 2. The standard InChI is InChI=1S/C23H33N7O5S/c1-17(2)35-19-6-4-18(5-7-19)28-23(31)30-13-11-29(12-14-30)21-8-9-25-22(24)20(21)16-26-34-15-10-27-36(3,32)33/h4-9,16-17,27H,10-15H2,1-3H3,(H2,24,25)(H,28,31)/b26-16-. The van der Waals surface area contributed by atoms with Crippen LogP contribution in [0, 0.1) is 0 Å². The van der Waals surface area contributed by atoms with E-state index in [4.69, 9.17) is 15.3 Å². The lowest BCUT2D eigenvalue weighted by Crippen LogP contribution is -2.50. The number of nitrogens with zero attached hydrogens (tertiary/aromatic N) is 4. The van der Waals surface area contributed by atoms with E-state index >= 15 is 0 Å². The van der Waals surface area contributed by atoms with Gasteiger partial charge in [0.15, 0.2) is 0 Å². The van der Waals surface area contributed by atoms with E-state index in [0.717, 1.165) is 17.7 Å². The minimum absolute atomic E-state index is 0.0698. The smallest absolute Gasteiger partial charge is 0.321 e. The monoisotopic (exact) mass is 519 g/mol. The van der Waals surface area contributed by atoms with Gasteiger partial charge in [0.05, 0.1) is 29.8 Å². The van der Waals surface area contributed by atoms with Crippen LogP contribution in [-0.4, -0.2) is 82.2 Å². The predicted molar refractivity (Wildman–Crippen MR) is 140 cm³/mol. The molecular weight excluding hydrogens is 486 g/mol. The van der Waals surface area contributed by atoms with Crippen molar-refractivity contribution in [3.8, 4) is 5.75 Å². The normalized spacial score (nSPS) is 14.3. The van der Waals surface area contributed by atoms with Crippen molar-refractivity contribution in [2.75, 3.05) is 61.5 Å². The molecule has 2 heterocycles. The first kappa shape index (κ1) is 27.0. The molecule has 0 saturated carbocycles. The number of rotatable bonds is 10. The van der Waals surface area contributed by atoms with E-state index in [1.54, 1.807) is 11.1 Å². The van der Waals surface area contributed by atoms with Gasteiger partial charge in [-0.25, -0.2) is 22.9 Å². The molecule has 13 heteroatoms. The number of aromatic nitrogens is 1. The lowest BCUT2D eigenvalue weighted by molar-refractivity contribution is 0.151. The molecule has 1 aromatic carbocycles. The Kier molecular flexibility index (Phi) is 9.31. The van der Waals surface area contributed by atoms with Crippen LogP contribution < -0.4 is 25.4 Å². The van der Waals surface area contributed by atoms with E-state index in [1.165, 1.54) is 6.21 Å². The number of piperazine rings is 1. The van der Waals surface area contributed by atoms with Crippen LogP contribution in [0.25, 0.3) is 0 Å². The first-order valence-electron chi connectivity index (χ1n) is 11.5. The molecule has 4 N–H and O–H groups in total. The Morgan fingerprint density at radius 2 is 1.89 bits per heavy atom. The average Bonchev–Trinajstić information content (AvgIpc) is 2.82. The third-order valence-electron chi connectivity index (χ3n) is 5.20. The molecule has 0 radical (unpaired) electrons. The zero-order valence-corrected chi connectivity index (χ0v) is 21.5. The zero-order chi connectivity index (χ0) is 26.1. The third-order valence-corrected chi connectivity index (χ3v) is 5.93. The van der Waals surface area contributed by atoms with Gasteiger partial charge < -0.3 is 30.4 Å². The number of nitrogens with two attached hydrogens (primary N) is 1. The molecule has 0 unspecified atom stereocenters. The fourth-order valence-electron chi connectivity index (χ4n) is 3.54. The molecule has 36 heavy (non-hydrogen) atoms. The summed E-state index contributed by atoms with van der Waals surface area (Å²) < 4.78 is 30.1. The Bertz CT molecular complexity index is 1150. The summed E-state index contributed by atoms with van der Waals surface area (Å²) in [4.78, 5) is 25.9. The molecule has 1 saturated heterocycles. The van der Waals surface area contributed by atoms with Crippen molar-refractivity contribution in [1.29, 1.82) is 0 Å². The van der Waals surface area contributed by atoms with E-state index in [1.807, 2.05) is 44.2 Å². The molecule has 1 fully saturated rings. The summed E-state index contributed by atoms with van der Waals surface area (Å²) in [7, 11) is -3.28. The average molecular weight is 520 g/mol. The highest BCUT2D eigenvalue weighted by atomic mass is 32.2. The van der Waals surface area contributed by atoms with Gasteiger partial charge in [-0.3, -0.25) is 0 Å². The van der Waals surface area contributed by atoms with Crippen molar-refractivity contribution in [2.45, 2.75) is 20.0 Å². The largest absolute Gasteiger partial charge is 0.491 e. The Balaban J connectivity index is 1.54. The maximum Gasteiger partial charge on any atom is 0.321 e. The Hall–Kier alpha value is -3.58. The van der Waals surface area contributed by atoms with Crippen molar-refractivity contribution in [1.82, 2.24) is 14.6 Å². The highest BCUT2D eigenvalue weighted by Crippen LogP contribution is 2.24. The number of sulfonamides is 1. The van der Waals surface area contributed by atoms with Crippen LogP contribution in [0.4, 0.5) is 22.0 Å². The minimum atomic E-state index is -3.28. The molecule has 0 spiro atoms. The number of amides is 2. The van der Waals surface area contributed by atoms with Gasteiger partial charge in [-0.1, -0.05) is 5.16 Å². The quantitative estimate of drug-likeness (QED) is 0.244. The van der Waals surface area contributed by atoms with E-state index in [0.29, 0.717) is 43.2 Å². The Labute approximate surface area is 211 Å². The highest BCUT2D eigenvalue weighted by molar-refractivity contribution is 7.88. The molecule has 12 nitrogen and oxygen atoms in total. The number of urea groups is 1. The summed E-state index contributed by atoms with van der Waals surface area (Å²) in [6, 6.07) is 8.96. The summed E-state index contributed by atoms with van der Waals surface area (Å²) >= 11 is 0. The fraction of sp³-hybridized carbons (Fsp3) is 0.435. The minimum Gasteiger partial charge on any atom is -0.491 e. The SMILES string of the molecule is CC(C)Oc1ccc(NC(=O)N2CCN(c3ccnc(N)c3/C=N\OCCNS(C)(=O)=O)CC2)cc1. The number of oxime groups is 1. The molecule has 0 aliphatic carbocycles. The molecule has 196 valence electrons. The second-order valence-electron chi connectivity index (χ2n) is 8.46. The number of nitrogen functional groups attached to an aromatic ring is 1. The van der Waals surface area contributed by atoms with Crippen molar-refractivity contribution in [2.24, 2.45) is 5.16 Å². The second kappa shape index (κ2) is 12.4. The van der Waals surface area contributed by atoms with Crippen LogP contribution in [0.1, 0.15) is 19.4 Å². The first-order chi connectivity index (χ1) is 17.1. The molecule has 3 rings (SSSR count). The maximum absolute atomic E-state index is 12.7. The molecule has 0 atom stereocenters. The molecule has 0 bridgehead atoms. The van der Waals surface area contributed by atoms with Crippen LogP contribution in [-0.2, 0) is 14.9 Å². The number of hydrogen-bond acceptors (Lipinski definition) is 9. The number of ether oxygens (including phenoxy) is 1. The van der Waals surface area contributed by atoms with Gasteiger partial charge in [0.1, 0.15) is 18.2 Å². The number of hydrogen-bond donors (Lipinski definition) is 3. The van der Waals surface area contributed by atoms with Crippen molar-refractivity contribution < 1.29 is 22.8 Å². The van der Waals surface area contributed by atoms with Gasteiger partial charge >= 0.3 is 6.03 Å².